The van der Waals surface area contributed by atoms with Crippen LogP contribution in [0, 0.1) is 0 Å². The van der Waals surface area contributed by atoms with Crippen molar-refractivity contribution in [2.75, 3.05) is 28.4 Å². The lowest BCUT2D eigenvalue weighted by Gasteiger charge is -2.10. The van der Waals surface area contributed by atoms with E-state index in [0.717, 1.165) is 5.56 Å². The van der Waals surface area contributed by atoms with Gasteiger partial charge in [-0.1, -0.05) is 24.3 Å². The molecule has 0 heterocycles. The molecule has 3 N–H and O–H groups in total. The van der Waals surface area contributed by atoms with E-state index >= 15 is 0 Å². The Morgan fingerprint density at radius 3 is 1.48 bits per heavy atom. The molecule has 2 aromatic rings. The molecule has 0 bridgehead atoms. The third-order valence-corrected chi connectivity index (χ3v) is 4.20. The van der Waals surface area contributed by atoms with Crippen molar-refractivity contribution in [2.24, 2.45) is 0 Å². The van der Waals surface area contributed by atoms with E-state index in [1.165, 1.54) is 28.4 Å². The van der Waals surface area contributed by atoms with Crippen LogP contribution in [0.2, 0.25) is 0 Å². The Hall–Kier alpha value is -3.32. The first-order chi connectivity index (χ1) is 13.9. The molecule has 7 heteroatoms. The third kappa shape index (κ3) is 5.58. The zero-order chi connectivity index (χ0) is 21.4. The van der Waals surface area contributed by atoms with Gasteiger partial charge in [-0.2, -0.15) is 0 Å². The smallest absolute Gasteiger partial charge is 0.200 e. The molecular formula is C22H26O7. The Morgan fingerprint density at radius 2 is 1.10 bits per heavy atom. The van der Waals surface area contributed by atoms with Gasteiger partial charge in [0.2, 0.25) is 11.5 Å². The summed E-state index contributed by atoms with van der Waals surface area (Å²) >= 11 is 0. The highest BCUT2D eigenvalue weighted by Crippen LogP contribution is 2.38. The molecule has 0 fully saturated rings. The fraction of sp³-hybridized carbons (Fsp3) is 0.273. The number of aromatic hydroxyl groups is 2. The van der Waals surface area contributed by atoms with Gasteiger partial charge in [-0.25, -0.2) is 0 Å². The van der Waals surface area contributed by atoms with Gasteiger partial charge >= 0.3 is 0 Å². The Morgan fingerprint density at radius 1 is 0.724 bits per heavy atom. The highest BCUT2D eigenvalue weighted by Gasteiger charge is 2.11. The summed E-state index contributed by atoms with van der Waals surface area (Å²) in [6.07, 6.45) is 6.60. The summed E-state index contributed by atoms with van der Waals surface area (Å²) in [6, 6.07) is 6.63. The van der Waals surface area contributed by atoms with E-state index in [2.05, 4.69) is 0 Å². The largest absolute Gasteiger partial charge is 0.502 e. The minimum Gasteiger partial charge on any atom is -0.502 e. The van der Waals surface area contributed by atoms with E-state index in [9.17, 15) is 15.3 Å². The second kappa shape index (κ2) is 10.3. The van der Waals surface area contributed by atoms with E-state index in [-0.39, 0.29) is 23.0 Å². The van der Waals surface area contributed by atoms with Crippen LogP contribution in [0.4, 0.5) is 0 Å². The Labute approximate surface area is 170 Å². The molecular weight excluding hydrogens is 376 g/mol. The lowest BCUT2D eigenvalue weighted by molar-refractivity contribution is 0.228. The molecule has 2 aromatic carbocycles. The summed E-state index contributed by atoms with van der Waals surface area (Å²) in [5.74, 6) is 1.05. The van der Waals surface area contributed by atoms with Crippen molar-refractivity contribution in [3.8, 4) is 34.5 Å². The monoisotopic (exact) mass is 402 g/mol. The topological polar surface area (TPSA) is 97.6 Å². The summed E-state index contributed by atoms with van der Waals surface area (Å²) in [6.45, 7) is 0. The minimum absolute atomic E-state index is 0.0603. The van der Waals surface area contributed by atoms with Gasteiger partial charge in [0, 0.05) is 0 Å². The van der Waals surface area contributed by atoms with Gasteiger partial charge in [0.15, 0.2) is 23.0 Å². The van der Waals surface area contributed by atoms with Crippen molar-refractivity contribution in [1.29, 1.82) is 0 Å². The van der Waals surface area contributed by atoms with Crippen molar-refractivity contribution in [3.05, 3.63) is 47.5 Å². The molecule has 0 aliphatic rings. The molecule has 0 saturated heterocycles. The lowest BCUT2D eigenvalue weighted by atomic mass is 10.1. The van der Waals surface area contributed by atoms with Gasteiger partial charge in [0.1, 0.15) is 0 Å². The van der Waals surface area contributed by atoms with Gasteiger partial charge < -0.3 is 34.3 Å². The maximum Gasteiger partial charge on any atom is 0.200 e. The molecule has 0 aliphatic heterocycles. The number of phenolic OH excluding ortho intramolecular Hbond substituents is 2. The average molecular weight is 402 g/mol. The second-order valence-electron chi connectivity index (χ2n) is 6.11. The van der Waals surface area contributed by atoms with Crippen LogP contribution in [-0.2, 0) is 0 Å². The van der Waals surface area contributed by atoms with Crippen LogP contribution in [-0.4, -0.2) is 49.9 Å². The molecule has 0 aliphatic carbocycles. The molecule has 1 unspecified atom stereocenters. The summed E-state index contributed by atoms with van der Waals surface area (Å²) in [5, 5.41) is 30.1. The van der Waals surface area contributed by atoms with Gasteiger partial charge in [-0.3, -0.25) is 0 Å². The van der Waals surface area contributed by atoms with E-state index in [1.807, 2.05) is 0 Å². The maximum atomic E-state index is 10.2. The first-order valence-electron chi connectivity index (χ1n) is 8.86. The van der Waals surface area contributed by atoms with Gasteiger partial charge in [-0.15, -0.1) is 0 Å². The Balaban J connectivity index is 2.07. The molecule has 2 rings (SSSR count). The third-order valence-electron chi connectivity index (χ3n) is 4.20. The number of aliphatic hydroxyl groups excluding tert-OH is 1. The van der Waals surface area contributed by atoms with E-state index in [1.54, 1.807) is 48.6 Å². The first-order valence-corrected chi connectivity index (χ1v) is 8.86. The fourth-order valence-electron chi connectivity index (χ4n) is 2.66. The molecule has 0 amide bonds. The number of aliphatic hydroxyl groups is 1. The van der Waals surface area contributed by atoms with E-state index in [4.69, 9.17) is 18.9 Å². The Kier molecular flexibility index (Phi) is 7.79. The fourth-order valence-corrected chi connectivity index (χ4v) is 2.66. The zero-order valence-electron chi connectivity index (χ0n) is 16.9. The summed E-state index contributed by atoms with van der Waals surface area (Å²) < 4.78 is 20.5. The van der Waals surface area contributed by atoms with Crippen LogP contribution >= 0.6 is 0 Å². The molecule has 0 aromatic heterocycles. The quantitative estimate of drug-likeness (QED) is 0.589. The van der Waals surface area contributed by atoms with Crippen LogP contribution in [0.1, 0.15) is 17.5 Å². The number of hydrogen-bond donors (Lipinski definition) is 3. The molecule has 29 heavy (non-hydrogen) atoms. The Bertz CT molecular complexity index is 837. The average Bonchev–Trinajstić information content (AvgIpc) is 2.73. The highest BCUT2D eigenvalue weighted by atomic mass is 16.5. The standard InChI is InChI=1S/C22H26O7/c1-26-17-10-14(11-18(27-2)21(17)24)6-5-7-16(23)9-8-15-12-19(28-3)22(25)20(13-15)29-4/h5-6,8-13,16,23-25H,7H2,1-4H3/b6-5+,9-8+. The number of phenols is 2. The number of ether oxygens (including phenoxy) is 4. The number of benzene rings is 2. The van der Waals surface area contributed by atoms with Crippen molar-refractivity contribution in [1.82, 2.24) is 0 Å². The van der Waals surface area contributed by atoms with Gasteiger partial charge in [-0.05, 0) is 41.8 Å². The molecule has 0 spiro atoms. The first kappa shape index (κ1) is 22.0. The number of hydrogen-bond acceptors (Lipinski definition) is 7. The van der Waals surface area contributed by atoms with Gasteiger partial charge in [0.05, 0.1) is 34.5 Å². The molecule has 0 saturated carbocycles. The van der Waals surface area contributed by atoms with E-state index in [0.29, 0.717) is 23.5 Å². The molecule has 7 nitrogen and oxygen atoms in total. The maximum absolute atomic E-state index is 10.2. The van der Waals surface area contributed by atoms with E-state index < -0.39 is 6.10 Å². The van der Waals surface area contributed by atoms with Crippen LogP contribution < -0.4 is 18.9 Å². The van der Waals surface area contributed by atoms with Crippen LogP contribution in [0.3, 0.4) is 0 Å². The predicted molar refractivity (Wildman–Crippen MR) is 111 cm³/mol. The van der Waals surface area contributed by atoms with Crippen molar-refractivity contribution in [3.63, 3.8) is 0 Å². The van der Waals surface area contributed by atoms with Crippen molar-refractivity contribution in [2.45, 2.75) is 12.5 Å². The number of rotatable bonds is 9. The van der Waals surface area contributed by atoms with Crippen LogP contribution in [0.5, 0.6) is 34.5 Å². The molecule has 1 atom stereocenters. The van der Waals surface area contributed by atoms with Crippen molar-refractivity contribution >= 4 is 12.2 Å². The SMILES string of the molecule is COc1cc(/C=C/CC(O)/C=C/c2cc(OC)c(O)c(OC)c2)cc(OC)c1O. The van der Waals surface area contributed by atoms with Crippen LogP contribution in [0.15, 0.2) is 36.4 Å². The lowest BCUT2D eigenvalue weighted by Crippen LogP contribution is -1.99. The summed E-state index contributed by atoms with van der Waals surface area (Å²) in [7, 11) is 5.83. The zero-order valence-corrected chi connectivity index (χ0v) is 16.9. The van der Waals surface area contributed by atoms with Crippen LogP contribution in [0.25, 0.3) is 12.2 Å². The minimum atomic E-state index is -0.724. The highest BCUT2D eigenvalue weighted by molar-refractivity contribution is 5.63. The molecule has 156 valence electrons. The normalized spacial score (nSPS) is 12.3. The molecule has 0 radical (unpaired) electrons. The van der Waals surface area contributed by atoms with Crippen molar-refractivity contribution < 1.29 is 34.3 Å². The second-order valence-corrected chi connectivity index (χ2v) is 6.11. The predicted octanol–water partition coefficient (Wildman–Crippen LogP) is 3.61. The summed E-state index contributed by atoms with van der Waals surface area (Å²) in [4.78, 5) is 0. The summed E-state index contributed by atoms with van der Waals surface area (Å²) in [5.41, 5.74) is 1.48. The number of methoxy groups -OCH3 is 4. The van der Waals surface area contributed by atoms with Gasteiger partial charge in [0.25, 0.3) is 0 Å².